The van der Waals surface area contributed by atoms with Gasteiger partial charge in [0.2, 0.25) is 5.91 Å². The van der Waals surface area contributed by atoms with Gasteiger partial charge >= 0.3 is 5.97 Å². The number of phenolic OH excluding ortho intramolecular Hbond substituents is 1. The summed E-state index contributed by atoms with van der Waals surface area (Å²) in [5, 5.41) is 22.1. The van der Waals surface area contributed by atoms with E-state index in [2.05, 4.69) is 21.2 Å². The van der Waals surface area contributed by atoms with E-state index in [1.54, 1.807) is 6.92 Å². The zero-order chi connectivity index (χ0) is 14.6. The highest BCUT2D eigenvalue weighted by Crippen LogP contribution is 2.37. The molecule has 1 aromatic carbocycles. The van der Waals surface area contributed by atoms with Crippen molar-refractivity contribution < 1.29 is 24.5 Å². The van der Waals surface area contributed by atoms with E-state index in [1.165, 1.54) is 19.1 Å². The fourth-order valence-electron chi connectivity index (χ4n) is 1.50. The lowest BCUT2D eigenvalue weighted by Crippen LogP contribution is -2.19. The average molecular weight is 332 g/mol. The number of halogens is 1. The molecular weight excluding hydrogens is 318 g/mol. The molecule has 6 nitrogen and oxygen atoms in total. The van der Waals surface area contributed by atoms with Crippen molar-refractivity contribution in [1.29, 1.82) is 0 Å². The SMILES string of the molecule is CCOC(=O)C(O)c1c(Br)ccc(O)c1NC(C)=O. The molecule has 0 saturated carbocycles. The normalized spacial score (nSPS) is 11.8. The molecule has 1 amide bonds. The number of aliphatic hydroxyl groups is 1. The lowest BCUT2D eigenvalue weighted by atomic mass is 10.1. The number of anilines is 1. The van der Waals surface area contributed by atoms with Gasteiger partial charge in [-0.3, -0.25) is 4.79 Å². The van der Waals surface area contributed by atoms with Gasteiger partial charge in [-0.15, -0.1) is 0 Å². The first-order valence-corrected chi connectivity index (χ1v) is 6.31. The highest BCUT2D eigenvalue weighted by Gasteiger charge is 2.26. The van der Waals surface area contributed by atoms with Crippen LogP contribution < -0.4 is 5.32 Å². The van der Waals surface area contributed by atoms with Crippen LogP contribution in [0.2, 0.25) is 0 Å². The fourth-order valence-corrected chi connectivity index (χ4v) is 2.04. The Kier molecular flexibility index (Phi) is 5.31. The van der Waals surface area contributed by atoms with Crippen LogP contribution in [0.15, 0.2) is 16.6 Å². The third kappa shape index (κ3) is 3.68. The molecule has 1 atom stereocenters. The zero-order valence-corrected chi connectivity index (χ0v) is 12.0. The summed E-state index contributed by atoms with van der Waals surface area (Å²) < 4.78 is 5.08. The second kappa shape index (κ2) is 6.53. The van der Waals surface area contributed by atoms with Crippen molar-refractivity contribution in [2.45, 2.75) is 20.0 Å². The monoisotopic (exact) mass is 331 g/mol. The topological polar surface area (TPSA) is 95.9 Å². The molecule has 19 heavy (non-hydrogen) atoms. The largest absolute Gasteiger partial charge is 0.506 e. The van der Waals surface area contributed by atoms with E-state index in [0.717, 1.165) is 0 Å². The molecule has 0 aliphatic rings. The Labute approximate surface area is 118 Å². The number of rotatable bonds is 4. The molecule has 0 bridgehead atoms. The van der Waals surface area contributed by atoms with Crippen LogP contribution in [-0.2, 0) is 14.3 Å². The molecule has 0 saturated heterocycles. The quantitative estimate of drug-likeness (QED) is 0.576. The Morgan fingerprint density at radius 3 is 2.63 bits per heavy atom. The van der Waals surface area contributed by atoms with Gasteiger partial charge in [0.1, 0.15) is 5.75 Å². The number of phenols is 1. The van der Waals surface area contributed by atoms with Gasteiger partial charge in [-0.25, -0.2) is 4.79 Å². The van der Waals surface area contributed by atoms with Gasteiger partial charge in [-0.1, -0.05) is 15.9 Å². The van der Waals surface area contributed by atoms with Gasteiger partial charge in [0, 0.05) is 17.0 Å². The standard InChI is InChI=1S/C12H14BrNO5/c1-3-19-12(18)11(17)9-7(13)4-5-8(16)10(9)14-6(2)15/h4-5,11,16-17H,3H2,1-2H3,(H,14,15). The second-order valence-electron chi connectivity index (χ2n) is 3.69. The second-order valence-corrected chi connectivity index (χ2v) is 4.55. The van der Waals surface area contributed by atoms with Gasteiger partial charge in [0.05, 0.1) is 12.3 Å². The summed E-state index contributed by atoms with van der Waals surface area (Å²) in [6, 6.07) is 2.79. The van der Waals surface area contributed by atoms with Gasteiger partial charge in [-0.05, 0) is 19.1 Å². The number of carbonyl (C=O) groups excluding carboxylic acids is 2. The Bertz CT molecular complexity index is 503. The maximum absolute atomic E-state index is 11.6. The summed E-state index contributed by atoms with van der Waals surface area (Å²) in [6.45, 7) is 2.97. The minimum atomic E-state index is -1.61. The van der Waals surface area contributed by atoms with Crippen LogP contribution in [0.1, 0.15) is 25.5 Å². The molecule has 1 rings (SSSR count). The third-order valence-electron chi connectivity index (χ3n) is 2.25. The Morgan fingerprint density at radius 1 is 1.47 bits per heavy atom. The van der Waals surface area contributed by atoms with Gasteiger partial charge in [-0.2, -0.15) is 0 Å². The van der Waals surface area contributed by atoms with E-state index < -0.39 is 18.0 Å². The first-order valence-electron chi connectivity index (χ1n) is 5.52. The third-order valence-corrected chi connectivity index (χ3v) is 2.95. The minimum absolute atomic E-state index is 0.0255. The smallest absolute Gasteiger partial charge is 0.339 e. The summed E-state index contributed by atoms with van der Waals surface area (Å²) >= 11 is 3.16. The van der Waals surface area contributed by atoms with Crippen LogP contribution in [0.3, 0.4) is 0 Å². The van der Waals surface area contributed by atoms with E-state index in [0.29, 0.717) is 4.47 Å². The molecule has 0 heterocycles. The zero-order valence-electron chi connectivity index (χ0n) is 10.4. The molecule has 0 aliphatic heterocycles. The lowest BCUT2D eigenvalue weighted by molar-refractivity contribution is -0.153. The van der Waals surface area contributed by atoms with Gasteiger partial charge in [0.25, 0.3) is 0 Å². The van der Waals surface area contributed by atoms with Gasteiger partial charge < -0.3 is 20.3 Å². The summed E-state index contributed by atoms with van der Waals surface area (Å²) in [4.78, 5) is 22.7. The molecule has 104 valence electrons. The average Bonchev–Trinajstić information content (AvgIpc) is 2.33. The Morgan fingerprint density at radius 2 is 2.11 bits per heavy atom. The lowest BCUT2D eigenvalue weighted by Gasteiger charge is -2.17. The fraction of sp³-hybridized carbons (Fsp3) is 0.333. The highest BCUT2D eigenvalue weighted by molar-refractivity contribution is 9.10. The highest BCUT2D eigenvalue weighted by atomic mass is 79.9. The number of hydrogen-bond acceptors (Lipinski definition) is 5. The molecule has 0 spiro atoms. The number of nitrogens with one attached hydrogen (secondary N) is 1. The Hall–Kier alpha value is -1.60. The van der Waals surface area contributed by atoms with Crippen molar-refractivity contribution in [1.82, 2.24) is 0 Å². The molecule has 3 N–H and O–H groups in total. The van der Waals surface area contributed by atoms with E-state index in [4.69, 9.17) is 4.74 Å². The number of hydrogen-bond donors (Lipinski definition) is 3. The number of ether oxygens (including phenoxy) is 1. The maximum atomic E-state index is 11.6. The summed E-state index contributed by atoms with van der Waals surface area (Å²) in [5.41, 5.74) is 0.0241. The van der Waals surface area contributed by atoms with Crippen molar-refractivity contribution in [2.24, 2.45) is 0 Å². The minimum Gasteiger partial charge on any atom is -0.506 e. The molecule has 7 heteroatoms. The molecule has 0 radical (unpaired) electrons. The van der Waals surface area contributed by atoms with Gasteiger partial charge in [0.15, 0.2) is 6.10 Å². The predicted octanol–water partition coefficient (Wildman–Crippen LogP) is 1.71. The number of amides is 1. The predicted molar refractivity (Wildman–Crippen MR) is 71.7 cm³/mol. The van der Waals surface area contributed by atoms with Crippen molar-refractivity contribution in [3.05, 3.63) is 22.2 Å². The Balaban J connectivity index is 3.27. The van der Waals surface area contributed by atoms with E-state index in [9.17, 15) is 19.8 Å². The van der Waals surface area contributed by atoms with Crippen molar-refractivity contribution in [3.63, 3.8) is 0 Å². The molecule has 0 fully saturated rings. The van der Waals surface area contributed by atoms with Crippen LogP contribution in [0.5, 0.6) is 5.75 Å². The molecular formula is C12H14BrNO5. The van der Waals surface area contributed by atoms with E-state index in [-0.39, 0.29) is 23.6 Å². The first-order chi connectivity index (χ1) is 8.88. The van der Waals surface area contributed by atoms with Crippen LogP contribution in [0, 0.1) is 0 Å². The van der Waals surface area contributed by atoms with Crippen LogP contribution in [-0.4, -0.2) is 28.7 Å². The van der Waals surface area contributed by atoms with Crippen LogP contribution >= 0.6 is 15.9 Å². The summed E-state index contributed by atoms with van der Waals surface area (Å²) in [5.74, 6) is -1.55. The van der Waals surface area contributed by atoms with Crippen LogP contribution in [0.4, 0.5) is 5.69 Å². The number of aromatic hydroxyl groups is 1. The van der Waals surface area contributed by atoms with Crippen molar-refractivity contribution in [3.8, 4) is 5.75 Å². The number of benzene rings is 1. The summed E-state index contributed by atoms with van der Waals surface area (Å²) in [6.07, 6.45) is -1.61. The number of aliphatic hydroxyl groups excluding tert-OH is 1. The maximum Gasteiger partial charge on any atom is 0.339 e. The molecule has 1 aromatic rings. The van der Waals surface area contributed by atoms with E-state index in [1.807, 2.05) is 0 Å². The van der Waals surface area contributed by atoms with Crippen LogP contribution in [0.25, 0.3) is 0 Å². The number of esters is 1. The number of carbonyl (C=O) groups is 2. The van der Waals surface area contributed by atoms with Crippen molar-refractivity contribution in [2.75, 3.05) is 11.9 Å². The summed E-state index contributed by atoms with van der Waals surface area (Å²) in [7, 11) is 0. The van der Waals surface area contributed by atoms with E-state index >= 15 is 0 Å². The molecule has 1 unspecified atom stereocenters. The molecule has 0 aliphatic carbocycles. The van der Waals surface area contributed by atoms with Crippen molar-refractivity contribution >= 4 is 33.5 Å². The molecule has 0 aromatic heterocycles. The first kappa shape index (κ1) is 15.5.